The van der Waals surface area contributed by atoms with E-state index in [1.54, 1.807) is 0 Å². The fourth-order valence-corrected chi connectivity index (χ4v) is 1.82. The Morgan fingerprint density at radius 3 is 2.65 bits per heavy atom. The van der Waals surface area contributed by atoms with E-state index in [0.29, 0.717) is 24.8 Å². The second-order valence-corrected chi connectivity index (χ2v) is 3.97. The van der Waals surface area contributed by atoms with E-state index in [4.69, 9.17) is 10.3 Å². The minimum atomic E-state index is 0.504. The summed E-state index contributed by atoms with van der Waals surface area (Å²) in [6, 6.07) is 0. The highest BCUT2D eigenvalue weighted by atomic mass is 16.5. The van der Waals surface area contributed by atoms with Crippen molar-refractivity contribution in [2.24, 2.45) is 5.73 Å². The fraction of sp³-hybridized carbons (Fsp3) is 0.545. The summed E-state index contributed by atoms with van der Waals surface area (Å²) in [6.45, 7) is 6.97. The molecule has 0 unspecified atom stereocenters. The molecule has 6 nitrogen and oxygen atoms in total. The van der Waals surface area contributed by atoms with Gasteiger partial charge in [0.1, 0.15) is 6.54 Å². The zero-order valence-corrected chi connectivity index (χ0v) is 10.4. The molecular weight excluding hydrogens is 218 g/mol. The van der Waals surface area contributed by atoms with Crippen LogP contribution in [0.25, 0.3) is 0 Å². The lowest BCUT2D eigenvalue weighted by molar-refractivity contribution is 0.374. The molecule has 0 aliphatic heterocycles. The van der Waals surface area contributed by atoms with E-state index in [1.165, 1.54) is 0 Å². The van der Waals surface area contributed by atoms with E-state index >= 15 is 0 Å². The summed E-state index contributed by atoms with van der Waals surface area (Å²) in [5.74, 6) is 1.30. The quantitative estimate of drug-likeness (QED) is 0.853. The Morgan fingerprint density at radius 2 is 2.12 bits per heavy atom. The maximum Gasteiger partial charge on any atom is 0.226 e. The molecule has 2 heterocycles. The molecule has 6 heteroatoms. The van der Waals surface area contributed by atoms with Gasteiger partial charge in [-0.25, -0.2) is 0 Å². The van der Waals surface area contributed by atoms with Crippen LogP contribution in [0.5, 0.6) is 0 Å². The number of aromatic nitrogens is 4. The van der Waals surface area contributed by atoms with Gasteiger partial charge in [-0.3, -0.25) is 4.68 Å². The molecule has 0 amide bonds. The van der Waals surface area contributed by atoms with Gasteiger partial charge >= 0.3 is 0 Å². The maximum atomic E-state index is 5.68. The third kappa shape index (κ3) is 2.21. The van der Waals surface area contributed by atoms with Gasteiger partial charge in [0.15, 0.2) is 5.82 Å². The van der Waals surface area contributed by atoms with Crippen molar-refractivity contribution >= 4 is 0 Å². The third-order valence-electron chi connectivity index (χ3n) is 2.84. The molecular formula is C11H17N5O. The lowest BCUT2D eigenvalue weighted by Gasteiger charge is -2.00. The first-order valence-corrected chi connectivity index (χ1v) is 5.70. The number of hydrogen-bond donors (Lipinski definition) is 1. The molecule has 17 heavy (non-hydrogen) atoms. The number of nitrogens with two attached hydrogens (primary N) is 1. The van der Waals surface area contributed by atoms with Crippen LogP contribution in [-0.4, -0.2) is 19.9 Å². The number of aryl methyl sites for hydroxylation is 2. The third-order valence-corrected chi connectivity index (χ3v) is 2.84. The Morgan fingerprint density at radius 1 is 1.35 bits per heavy atom. The first-order valence-electron chi connectivity index (χ1n) is 5.70. The normalized spacial score (nSPS) is 11.1. The Kier molecular flexibility index (Phi) is 3.23. The fourth-order valence-electron chi connectivity index (χ4n) is 1.82. The standard InChI is InChI=1S/C11H17N5O/c1-4-11-13-10(15-17-11)6-16-8(3)9(5-12)7(2)14-16/h4-6,12H2,1-3H3. The average molecular weight is 235 g/mol. The molecule has 2 aromatic rings. The van der Waals surface area contributed by atoms with Gasteiger partial charge in [-0.05, 0) is 13.8 Å². The smallest absolute Gasteiger partial charge is 0.226 e. The number of hydrogen-bond acceptors (Lipinski definition) is 5. The van der Waals surface area contributed by atoms with Gasteiger partial charge in [0.05, 0.1) is 5.69 Å². The van der Waals surface area contributed by atoms with Gasteiger partial charge in [0.2, 0.25) is 5.89 Å². The minimum absolute atomic E-state index is 0.504. The average Bonchev–Trinajstić information content (AvgIpc) is 2.86. The molecule has 0 saturated heterocycles. The molecule has 0 saturated carbocycles. The SMILES string of the molecule is CCc1nc(Cn2nc(C)c(CN)c2C)no1. The van der Waals surface area contributed by atoms with E-state index in [0.717, 1.165) is 23.4 Å². The van der Waals surface area contributed by atoms with E-state index in [2.05, 4.69) is 15.2 Å². The second-order valence-electron chi connectivity index (χ2n) is 3.97. The molecule has 0 bridgehead atoms. The minimum Gasteiger partial charge on any atom is -0.339 e. The lowest BCUT2D eigenvalue weighted by atomic mass is 10.2. The highest BCUT2D eigenvalue weighted by molar-refractivity contribution is 5.24. The van der Waals surface area contributed by atoms with Crippen LogP contribution in [0, 0.1) is 13.8 Å². The van der Waals surface area contributed by atoms with Crippen molar-refractivity contribution in [1.82, 2.24) is 19.9 Å². The molecule has 2 aromatic heterocycles. The van der Waals surface area contributed by atoms with Crippen LogP contribution in [0.1, 0.15) is 35.6 Å². The zero-order valence-electron chi connectivity index (χ0n) is 10.4. The molecule has 92 valence electrons. The van der Waals surface area contributed by atoms with Crippen molar-refractivity contribution in [2.45, 2.75) is 40.3 Å². The van der Waals surface area contributed by atoms with Gasteiger partial charge in [-0.1, -0.05) is 12.1 Å². The van der Waals surface area contributed by atoms with Gasteiger partial charge < -0.3 is 10.3 Å². The summed E-state index contributed by atoms with van der Waals surface area (Å²) >= 11 is 0. The van der Waals surface area contributed by atoms with Crippen molar-refractivity contribution < 1.29 is 4.52 Å². The number of nitrogens with zero attached hydrogens (tertiary/aromatic N) is 4. The van der Waals surface area contributed by atoms with E-state index in [9.17, 15) is 0 Å². The highest BCUT2D eigenvalue weighted by Crippen LogP contribution is 2.13. The predicted molar refractivity (Wildman–Crippen MR) is 62.4 cm³/mol. The molecule has 0 aliphatic carbocycles. The van der Waals surface area contributed by atoms with Crippen molar-refractivity contribution in [3.63, 3.8) is 0 Å². The van der Waals surface area contributed by atoms with E-state index in [-0.39, 0.29) is 0 Å². The van der Waals surface area contributed by atoms with Crippen LogP contribution in [-0.2, 0) is 19.5 Å². The molecule has 2 N–H and O–H groups in total. The molecule has 0 aromatic carbocycles. The van der Waals surface area contributed by atoms with Crippen molar-refractivity contribution in [3.05, 3.63) is 28.7 Å². The van der Waals surface area contributed by atoms with Crippen molar-refractivity contribution in [3.8, 4) is 0 Å². The van der Waals surface area contributed by atoms with Crippen LogP contribution in [0.2, 0.25) is 0 Å². The highest BCUT2D eigenvalue weighted by Gasteiger charge is 2.12. The van der Waals surface area contributed by atoms with E-state index in [1.807, 2.05) is 25.5 Å². The molecule has 0 atom stereocenters. The van der Waals surface area contributed by atoms with Crippen LogP contribution < -0.4 is 5.73 Å². The summed E-state index contributed by atoms with van der Waals surface area (Å²) in [6.07, 6.45) is 0.748. The van der Waals surface area contributed by atoms with Crippen LogP contribution in [0.4, 0.5) is 0 Å². The Balaban J connectivity index is 2.24. The van der Waals surface area contributed by atoms with Gasteiger partial charge in [-0.15, -0.1) is 0 Å². The lowest BCUT2D eigenvalue weighted by Crippen LogP contribution is -2.06. The first kappa shape index (κ1) is 11.8. The maximum absolute atomic E-state index is 5.68. The van der Waals surface area contributed by atoms with Gasteiger partial charge in [0, 0.05) is 24.2 Å². The Bertz CT molecular complexity index is 514. The first-order chi connectivity index (χ1) is 8.15. The van der Waals surface area contributed by atoms with Crippen LogP contribution in [0.3, 0.4) is 0 Å². The largest absolute Gasteiger partial charge is 0.339 e. The Hall–Kier alpha value is -1.69. The molecule has 0 radical (unpaired) electrons. The molecule has 0 spiro atoms. The molecule has 0 fully saturated rings. The van der Waals surface area contributed by atoms with E-state index < -0.39 is 0 Å². The zero-order chi connectivity index (χ0) is 12.4. The topological polar surface area (TPSA) is 82.8 Å². The monoisotopic (exact) mass is 235 g/mol. The summed E-state index contributed by atoms with van der Waals surface area (Å²) in [5, 5.41) is 8.34. The van der Waals surface area contributed by atoms with Crippen molar-refractivity contribution in [1.29, 1.82) is 0 Å². The predicted octanol–water partition coefficient (Wildman–Crippen LogP) is 0.952. The summed E-state index contributed by atoms with van der Waals surface area (Å²) in [7, 11) is 0. The van der Waals surface area contributed by atoms with Crippen LogP contribution >= 0.6 is 0 Å². The summed E-state index contributed by atoms with van der Waals surface area (Å²) in [5.41, 5.74) is 8.79. The summed E-state index contributed by atoms with van der Waals surface area (Å²) in [4.78, 5) is 4.26. The number of rotatable bonds is 4. The second kappa shape index (κ2) is 4.67. The molecule has 0 aliphatic rings. The van der Waals surface area contributed by atoms with Crippen LogP contribution in [0.15, 0.2) is 4.52 Å². The molecule has 2 rings (SSSR count). The Labute approximate surface area is 99.8 Å². The van der Waals surface area contributed by atoms with Crippen molar-refractivity contribution in [2.75, 3.05) is 0 Å². The summed E-state index contributed by atoms with van der Waals surface area (Å²) < 4.78 is 6.93. The van der Waals surface area contributed by atoms with Gasteiger partial charge in [-0.2, -0.15) is 10.1 Å². The van der Waals surface area contributed by atoms with Gasteiger partial charge in [0.25, 0.3) is 0 Å².